The largest absolute Gasteiger partial charge is 0.424 e. The highest BCUT2D eigenvalue weighted by Crippen LogP contribution is 2.27. The predicted molar refractivity (Wildman–Crippen MR) is 129 cm³/mol. The normalized spacial score (nSPS) is 21.0. The SMILES string of the molecule is O=C(c1cccc(Oc2ncccn2)c1)N1CC[C@@](O)(CN2CCN(c3ccccc3)CC2)C1. The van der Waals surface area contributed by atoms with Gasteiger partial charge in [-0.1, -0.05) is 24.3 Å². The van der Waals surface area contributed by atoms with Gasteiger partial charge in [0, 0.05) is 62.9 Å². The van der Waals surface area contributed by atoms with Crippen LogP contribution in [0.15, 0.2) is 73.1 Å². The van der Waals surface area contributed by atoms with Crippen molar-refractivity contribution in [2.75, 3.05) is 50.7 Å². The number of aromatic nitrogens is 2. The minimum absolute atomic E-state index is 0.107. The van der Waals surface area contributed by atoms with Crippen LogP contribution in [0.4, 0.5) is 5.69 Å². The summed E-state index contributed by atoms with van der Waals surface area (Å²) in [5, 5.41) is 11.3. The number of likely N-dealkylation sites (tertiary alicyclic amines) is 1. The number of carbonyl (C=O) groups is 1. The lowest BCUT2D eigenvalue weighted by Crippen LogP contribution is -2.53. The van der Waals surface area contributed by atoms with E-state index in [2.05, 4.69) is 44.0 Å². The fourth-order valence-corrected chi connectivity index (χ4v) is 4.70. The first-order valence-corrected chi connectivity index (χ1v) is 11.7. The molecule has 1 amide bonds. The van der Waals surface area contributed by atoms with Crippen molar-refractivity contribution in [1.82, 2.24) is 19.8 Å². The number of β-amino-alcohol motifs (C(OH)–C–C–N with tert-alkyl or cyclic N) is 1. The molecule has 5 rings (SSSR count). The summed E-state index contributed by atoms with van der Waals surface area (Å²) in [5.74, 6) is 0.395. The Hall–Kier alpha value is -3.49. The molecule has 176 valence electrons. The van der Waals surface area contributed by atoms with E-state index in [1.807, 2.05) is 6.07 Å². The van der Waals surface area contributed by atoms with Crippen LogP contribution in [0.25, 0.3) is 0 Å². The van der Waals surface area contributed by atoms with Crippen molar-refractivity contribution in [3.8, 4) is 11.8 Å². The van der Waals surface area contributed by atoms with Crippen molar-refractivity contribution >= 4 is 11.6 Å². The van der Waals surface area contributed by atoms with E-state index < -0.39 is 5.60 Å². The summed E-state index contributed by atoms with van der Waals surface area (Å²) in [7, 11) is 0. The van der Waals surface area contributed by atoms with Gasteiger partial charge in [0.15, 0.2) is 0 Å². The Bertz CT molecular complexity index is 1110. The lowest BCUT2D eigenvalue weighted by molar-refractivity contribution is 0.0103. The number of carbonyl (C=O) groups excluding carboxylic acids is 1. The monoisotopic (exact) mass is 459 g/mol. The number of nitrogens with zero attached hydrogens (tertiary/aromatic N) is 5. The van der Waals surface area contributed by atoms with Gasteiger partial charge >= 0.3 is 6.01 Å². The molecule has 1 atom stereocenters. The van der Waals surface area contributed by atoms with Crippen LogP contribution in [-0.4, -0.2) is 82.2 Å². The summed E-state index contributed by atoms with van der Waals surface area (Å²) in [6, 6.07) is 19.4. The highest BCUT2D eigenvalue weighted by molar-refractivity contribution is 5.94. The molecule has 3 heterocycles. The lowest BCUT2D eigenvalue weighted by Gasteiger charge is -2.39. The van der Waals surface area contributed by atoms with Crippen LogP contribution in [-0.2, 0) is 0 Å². The summed E-state index contributed by atoms with van der Waals surface area (Å²) in [4.78, 5) is 27.7. The average molecular weight is 460 g/mol. The number of hydrogen-bond acceptors (Lipinski definition) is 7. The van der Waals surface area contributed by atoms with Crippen LogP contribution in [0.5, 0.6) is 11.8 Å². The van der Waals surface area contributed by atoms with Crippen molar-refractivity contribution < 1.29 is 14.6 Å². The van der Waals surface area contributed by atoms with Gasteiger partial charge in [-0.15, -0.1) is 0 Å². The van der Waals surface area contributed by atoms with Gasteiger partial charge in [0.05, 0.1) is 12.1 Å². The summed E-state index contributed by atoms with van der Waals surface area (Å²) in [6.45, 7) is 5.09. The van der Waals surface area contributed by atoms with Gasteiger partial charge in [-0.3, -0.25) is 9.69 Å². The fourth-order valence-electron chi connectivity index (χ4n) is 4.70. The number of rotatable bonds is 6. The first-order valence-electron chi connectivity index (χ1n) is 11.7. The van der Waals surface area contributed by atoms with Crippen LogP contribution in [0, 0.1) is 0 Å². The molecule has 2 aliphatic heterocycles. The average Bonchev–Trinajstić information content (AvgIpc) is 3.27. The van der Waals surface area contributed by atoms with Gasteiger partial charge in [-0.05, 0) is 42.8 Å². The van der Waals surface area contributed by atoms with E-state index in [9.17, 15) is 9.90 Å². The number of anilines is 1. The third-order valence-electron chi connectivity index (χ3n) is 6.46. The molecule has 0 radical (unpaired) electrons. The summed E-state index contributed by atoms with van der Waals surface area (Å²) in [5.41, 5.74) is 0.869. The van der Waals surface area contributed by atoms with E-state index >= 15 is 0 Å². The first-order chi connectivity index (χ1) is 16.6. The molecule has 0 saturated carbocycles. The van der Waals surface area contributed by atoms with Gasteiger partial charge in [0.25, 0.3) is 5.91 Å². The van der Waals surface area contributed by atoms with Crippen LogP contribution in [0.2, 0.25) is 0 Å². The van der Waals surface area contributed by atoms with Gasteiger partial charge in [-0.25, -0.2) is 9.97 Å². The van der Waals surface area contributed by atoms with Crippen LogP contribution in [0.1, 0.15) is 16.8 Å². The van der Waals surface area contributed by atoms with E-state index in [0.29, 0.717) is 37.4 Å². The molecule has 2 aromatic carbocycles. The number of hydrogen-bond donors (Lipinski definition) is 1. The molecule has 1 aromatic heterocycles. The van der Waals surface area contributed by atoms with Gasteiger partial charge in [0.1, 0.15) is 5.75 Å². The standard InChI is InChI=1S/C26H29N5O3/c32-24(21-6-4-9-23(18-21)34-25-27-11-5-12-28-25)31-13-10-26(33,20-31)19-29-14-16-30(17-15-29)22-7-2-1-3-8-22/h1-9,11-12,18,33H,10,13-17,19-20H2/t26-/m1/s1. The maximum Gasteiger partial charge on any atom is 0.321 e. The smallest absolute Gasteiger partial charge is 0.321 e. The molecule has 0 unspecified atom stereocenters. The Morgan fingerprint density at radius 3 is 2.47 bits per heavy atom. The predicted octanol–water partition coefficient (Wildman–Crippen LogP) is 2.67. The van der Waals surface area contributed by atoms with Crippen molar-refractivity contribution in [2.24, 2.45) is 0 Å². The lowest BCUT2D eigenvalue weighted by atomic mass is 10.0. The van der Waals surface area contributed by atoms with Gasteiger partial charge in [0.2, 0.25) is 0 Å². The third-order valence-corrected chi connectivity index (χ3v) is 6.46. The molecule has 2 aliphatic rings. The molecule has 34 heavy (non-hydrogen) atoms. The van der Waals surface area contributed by atoms with Crippen LogP contribution in [0.3, 0.4) is 0 Å². The van der Waals surface area contributed by atoms with Crippen molar-refractivity contribution in [3.05, 3.63) is 78.6 Å². The third kappa shape index (κ3) is 5.18. The van der Waals surface area contributed by atoms with E-state index in [-0.39, 0.29) is 11.9 Å². The summed E-state index contributed by atoms with van der Waals surface area (Å²) < 4.78 is 5.66. The van der Waals surface area contributed by atoms with Gasteiger partial charge in [-0.2, -0.15) is 0 Å². The Morgan fingerprint density at radius 1 is 0.941 bits per heavy atom. The molecule has 0 bridgehead atoms. The molecule has 8 nitrogen and oxygen atoms in total. The molecule has 2 saturated heterocycles. The zero-order valence-electron chi connectivity index (χ0n) is 19.1. The Kier molecular flexibility index (Phi) is 6.42. The second kappa shape index (κ2) is 9.79. The van der Waals surface area contributed by atoms with Crippen molar-refractivity contribution in [2.45, 2.75) is 12.0 Å². The second-order valence-corrected chi connectivity index (χ2v) is 8.96. The maximum atomic E-state index is 13.1. The van der Waals surface area contributed by atoms with Crippen molar-refractivity contribution in [1.29, 1.82) is 0 Å². The molecular weight excluding hydrogens is 430 g/mol. The number of piperazine rings is 1. The van der Waals surface area contributed by atoms with E-state index in [1.165, 1.54) is 5.69 Å². The zero-order valence-corrected chi connectivity index (χ0v) is 19.1. The Morgan fingerprint density at radius 2 is 1.71 bits per heavy atom. The minimum Gasteiger partial charge on any atom is -0.424 e. The van der Waals surface area contributed by atoms with E-state index in [1.54, 1.807) is 47.6 Å². The van der Waals surface area contributed by atoms with Gasteiger partial charge < -0.3 is 19.6 Å². The number of para-hydroxylation sites is 1. The number of amides is 1. The fraction of sp³-hybridized carbons (Fsp3) is 0.346. The second-order valence-electron chi connectivity index (χ2n) is 8.96. The molecule has 3 aromatic rings. The van der Waals surface area contributed by atoms with Crippen LogP contribution < -0.4 is 9.64 Å². The number of aliphatic hydroxyl groups is 1. The number of ether oxygens (including phenoxy) is 1. The Balaban J connectivity index is 1.16. The molecule has 0 aliphatic carbocycles. The quantitative estimate of drug-likeness (QED) is 0.607. The maximum absolute atomic E-state index is 13.1. The molecular formula is C26H29N5O3. The summed E-state index contributed by atoms with van der Waals surface area (Å²) in [6.07, 6.45) is 3.78. The highest BCUT2D eigenvalue weighted by atomic mass is 16.5. The first kappa shape index (κ1) is 22.3. The van der Waals surface area contributed by atoms with Crippen molar-refractivity contribution in [3.63, 3.8) is 0 Å². The van der Waals surface area contributed by atoms with E-state index in [0.717, 1.165) is 26.2 Å². The van der Waals surface area contributed by atoms with Crippen LogP contribution >= 0.6 is 0 Å². The summed E-state index contributed by atoms with van der Waals surface area (Å²) >= 11 is 0. The Labute approximate surface area is 199 Å². The minimum atomic E-state index is -0.892. The molecule has 0 spiro atoms. The molecule has 8 heteroatoms. The number of benzene rings is 2. The zero-order chi connectivity index (χ0) is 23.4. The molecule has 1 N–H and O–H groups in total. The highest BCUT2D eigenvalue weighted by Gasteiger charge is 2.40. The molecule has 2 fully saturated rings. The topological polar surface area (TPSA) is 82.0 Å². The van der Waals surface area contributed by atoms with E-state index in [4.69, 9.17) is 4.74 Å².